The Morgan fingerprint density at radius 1 is 1.07 bits per heavy atom. The number of hydrogen-bond acceptors (Lipinski definition) is 4. The van der Waals surface area contributed by atoms with Crippen molar-refractivity contribution in [3.05, 3.63) is 88.7 Å². The average molecular weight is 362 g/mol. The lowest BCUT2D eigenvalue weighted by Gasteiger charge is -2.18. The molecule has 136 valence electrons. The fourth-order valence-electron chi connectivity index (χ4n) is 2.57. The number of anilines is 1. The first-order valence-corrected chi connectivity index (χ1v) is 8.30. The highest BCUT2D eigenvalue weighted by molar-refractivity contribution is 5.91. The zero-order chi connectivity index (χ0) is 19.2. The molecule has 7 nitrogen and oxygen atoms in total. The third-order valence-corrected chi connectivity index (χ3v) is 4.14. The molecule has 0 atom stereocenters. The predicted octanol–water partition coefficient (Wildman–Crippen LogP) is 4.00. The zero-order valence-electron chi connectivity index (χ0n) is 14.7. The van der Waals surface area contributed by atoms with Crippen molar-refractivity contribution >= 4 is 17.4 Å². The fraction of sp³-hybridized carbons (Fsp3) is 0.100. The number of nitrogens with one attached hydrogen (secondary N) is 1. The lowest BCUT2D eigenvalue weighted by molar-refractivity contribution is -0.384. The maximum absolute atomic E-state index is 12.3. The summed E-state index contributed by atoms with van der Waals surface area (Å²) < 4.78 is 0. The minimum atomic E-state index is -0.425. The summed E-state index contributed by atoms with van der Waals surface area (Å²) in [5.74, 6) is 0. The van der Waals surface area contributed by atoms with E-state index in [1.54, 1.807) is 31.6 Å². The quantitative estimate of drug-likeness (QED) is 0.549. The van der Waals surface area contributed by atoms with E-state index in [1.165, 1.54) is 17.0 Å². The van der Waals surface area contributed by atoms with Crippen molar-refractivity contribution in [1.29, 1.82) is 0 Å². The smallest absolute Gasteiger partial charge is 0.321 e. The van der Waals surface area contributed by atoms with E-state index >= 15 is 0 Å². The summed E-state index contributed by atoms with van der Waals surface area (Å²) in [5.41, 5.74) is 3.51. The Labute approximate surface area is 156 Å². The molecular formula is C20H18N4O3. The predicted molar refractivity (Wildman–Crippen MR) is 103 cm³/mol. The van der Waals surface area contributed by atoms with Crippen LogP contribution in [0.1, 0.15) is 5.56 Å². The van der Waals surface area contributed by atoms with Gasteiger partial charge in [-0.25, -0.2) is 4.79 Å². The third kappa shape index (κ3) is 4.46. The van der Waals surface area contributed by atoms with Crippen molar-refractivity contribution in [2.75, 3.05) is 11.9 Å². The highest BCUT2D eigenvalue weighted by Gasteiger charge is 2.11. The molecule has 0 unspecified atom stereocenters. The number of benzene rings is 2. The second-order valence-corrected chi connectivity index (χ2v) is 5.93. The summed E-state index contributed by atoms with van der Waals surface area (Å²) in [6.07, 6.45) is 3.39. The van der Waals surface area contributed by atoms with Crippen LogP contribution in [0.3, 0.4) is 0 Å². The van der Waals surface area contributed by atoms with E-state index in [0.29, 0.717) is 6.54 Å². The van der Waals surface area contributed by atoms with Gasteiger partial charge in [-0.2, -0.15) is 0 Å². The van der Waals surface area contributed by atoms with Crippen LogP contribution in [0.25, 0.3) is 11.1 Å². The first-order chi connectivity index (χ1) is 13.0. The Hall–Kier alpha value is -3.74. The number of urea groups is 1. The van der Waals surface area contributed by atoms with Gasteiger partial charge in [-0.15, -0.1) is 0 Å². The van der Waals surface area contributed by atoms with Gasteiger partial charge in [0.05, 0.1) is 4.92 Å². The second kappa shape index (κ2) is 8.09. The lowest BCUT2D eigenvalue weighted by Crippen LogP contribution is -2.36. The molecule has 0 radical (unpaired) electrons. The first kappa shape index (κ1) is 18.1. The van der Waals surface area contributed by atoms with Crippen LogP contribution < -0.4 is 10.2 Å². The van der Waals surface area contributed by atoms with E-state index in [4.69, 9.17) is 0 Å². The van der Waals surface area contributed by atoms with E-state index in [2.05, 4.69) is 10.3 Å². The molecule has 0 aliphatic heterocycles. The van der Waals surface area contributed by atoms with Crippen LogP contribution in [0.4, 0.5) is 16.2 Å². The maximum atomic E-state index is 12.3. The summed E-state index contributed by atoms with van der Waals surface area (Å²) in [7, 11) is 1.69. The van der Waals surface area contributed by atoms with Crippen LogP contribution in [0.15, 0.2) is 73.1 Å². The van der Waals surface area contributed by atoms with Crippen molar-refractivity contribution in [2.24, 2.45) is 0 Å². The van der Waals surface area contributed by atoms with Crippen molar-refractivity contribution in [2.45, 2.75) is 6.54 Å². The summed E-state index contributed by atoms with van der Waals surface area (Å²) in [6.45, 7) is 0.401. The largest absolute Gasteiger partial charge is 0.334 e. The maximum Gasteiger partial charge on any atom is 0.321 e. The van der Waals surface area contributed by atoms with Crippen LogP contribution in [-0.2, 0) is 6.54 Å². The number of pyridine rings is 1. The van der Waals surface area contributed by atoms with Gasteiger partial charge in [0, 0.05) is 43.8 Å². The van der Waals surface area contributed by atoms with Gasteiger partial charge in [0.15, 0.2) is 0 Å². The van der Waals surface area contributed by atoms with Gasteiger partial charge < -0.3 is 5.32 Å². The topological polar surface area (TPSA) is 88.4 Å². The van der Waals surface area contributed by atoms with Gasteiger partial charge in [-0.05, 0) is 47.0 Å². The molecule has 1 N–H and O–H groups in total. The average Bonchev–Trinajstić information content (AvgIpc) is 2.72. The van der Waals surface area contributed by atoms with Crippen LogP contribution in [0.5, 0.6) is 0 Å². The van der Waals surface area contributed by atoms with Crippen molar-refractivity contribution in [1.82, 2.24) is 10.3 Å². The lowest BCUT2D eigenvalue weighted by atomic mass is 10.0. The molecule has 1 aromatic heterocycles. The number of nitro benzene ring substituents is 1. The summed E-state index contributed by atoms with van der Waals surface area (Å²) in [5, 5.41) is 13.6. The molecule has 0 saturated heterocycles. The molecule has 2 amide bonds. The minimum Gasteiger partial charge on any atom is -0.334 e. The van der Waals surface area contributed by atoms with Gasteiger partial charge in [-0.3, -0.25) is 20.0 Å². The van der Waals surface area contributed by atoms with E-state index in [9.17, 15) is 14.9 Å². The molecular weight excluding hydrogens is 344 g/mol. The summed E-state index contributed by atoms with van der Waals surface area (Å²) in [4.78, 5) is 28.2. The monoisotopic (exact) mass is 362 g/mol. The molecule has 0 aliphatic rings. The molecule has 0 bridgehead atoms. The number of amides is 2. The Bertz CT molecular complexity index is 926. The molecule has 0 spiro atoms. The van der Waals surface area contributed by atoms with Crippen LogP contribution in [0.2, 0.25) is 0 Å². The minimum absolute atomic E-state index is 0.0559. The van der Waals surface area contributed by atoms with Gasteiger partial charge in [0.25, 0.3) is 5.69 Å². The fourth-order valence-corrected chi connectivity index (χ4v) is 2.57. The van der Waals surface area contributed by atoms with Crippen LogP contribution in [-0.4, -0.2) is 23.0 Å². The Balaban J connectivity index is 1.65. The molecule has 3 aromatic rings. The number of aromatic nitrogens is 1. The van der Waals surface area contributed by atoms with Crippen LogP contribution in [0, 0.1) is 10.1 Å². The number of rotatable bonds is 5. The number of carbonyl (C=O) groups excluding carboxylic acids is 1. The van der Waals surface area contributed by atoms with E-state index in [0.717, 1.165) is 22.4 Å². The molecule has 2 aromatic carbocycles. The van der Waals surface area contributed by atoms with E-state index in [-0.39, 0.29) is 11.7 Å². The molecule has 3 rings (SSSR count). The summed E-state index contributed by atoms with van der Waals surface area (Å²) >= 11 is 0. The van der Waals surface area contributed by atoms with E-state index < -0.39 is 4.92 Å². The normalized spacial score (nSPS) is 10.3. The third-order valence-electron chi connectivity index (χ3n) is 4.14. The molecule has 0 aliphatic carbocycles. The second-order valence-electron chi connectivity index (χ2n) is 5.93. The van der Waals surface area contributed by atoms with Crippen molar-refractivity contribution in [3.63, 3.8) is 0 Å². The van der Waals surface area contributed by atoms with E-state index in [1.807, 2.05) is 36.4 Å². The van der Waals surface area contributed by atoms with Crippen LogP contribution >= 0.6 is 0 Å². The van der Waals surface area contributed by atoms with Gasteiger partial charge in [-0.1, -0.05) is 18.2 Å². The standard InChI is InChI=1S/C20H18N4O3/c1-23(20(25)22-14-15-3-2-12-21-13-15)18-8-4-16(5-9-18)17-6-10-19(11-7-17)24(26)27/h2-13H,14H2,1H3,(H,22,25). The Morgan fingerprint density at radius 3 is 2.26 bits per heavy atom. The SMILES string of the molecule is CN(C(=O)NCc1cccnc1)c1ccc(-c2ccc([N+](=O)[O-])cc2)cc1. The number of carbonyl (C=O) groups is 1. The van der Waals surface area contributed by atoms with Gasteiger partial charge in [0.1, 0.15) is 0 Å². The highest BCUT2D eigenvalue weighted by Crippen LogP contribution is 2.24. The highest BCUT2D eigenvalue weighted by atomic mass is 16.6. The molecule has 7 heteroatoms. The number of hydrogen-bond donors (Lipinski definition) is 1. The first-order valence-electron chi connectivity index (χ1n) is 8.30. The van der Waals surface area contributed by atoms with Gasteiger partial charge in [0.2, 0.25) is 0 Å². The van der Waals surface area contributed by atoms with Crippen molar-refractivity contribution < 1.29 is 9.72 Å². The van der Waals surface area contributed by atoms with Gasteiger partial charge >= 0.3 is 6.03 Å². The Kier molecular flexibility index (Phi) is 5.41. The molecule has 0 fully saturated rings. The Morgan fingerprint density at radius 2 is 1.70 bits per heavy atom. The number of nitrogens with zero attached hydrogens (tertiary/aromatic N) is 3. The van der Waals surface area contributed by atoms with Crippen molar-refractivity contribution in [3.8, 4) is 11.1 Å². The number of non-ortho nitro benzene ring substituents is 1. The molecule has 0 saturated carbocycles. The summed E-state index contributed by atoms with van der Waals surface area (Å²) in [6, 6.07) is 17.3. The number of nitro groups is 1. The zero-order valence-corrected chi connectivity index (χ0v) is 14.7. The molecule has 27 heavy (non-hydrogen) atoms. The molecule has 1 heterocycles.